The maximum absolute atomic E-state index is 13.6. The number of halogens is 1. The van der Waals surface area contributed by atoms with Gasteiger partial charge in [-0.15, -0.1) is 0 Å². The number of rotatable bonds is 7. The molecule has 1 saturated heterocycles. The fourth-order valence-corrected chi connectivity index (χ4v) is 3.87. The lowest BCUT2D eigenvalue weighted by Crippen LogP contribution is -2.29. The van der Waals surface area contributed by atoms with Crippen molar-refractivity contribution in [3.8, 4) is 5.75 Å². The minimum Gasteiger partial charge on any atom is -0.872 e. The summed E-state index contributed by atoms with van der Waals surface area (Å²) in [5.74, 6) is -1.64. The van der Waals surface area contributed by atoms with E-state index in [1.807, 2.05) is 19.9 Å². The summed E-state index contributed by atoms with van der Waals surface area (Å²) in [5.41, 5.74) is 1.37. The van der Waals surface area contributed by atoms with E-state index in [2.05, 4.69) is 4.98 Å². The zero-order valence-corrected chi connectivity index (χ0v) is 19.0. The number of nitrogens with zero attached hydrogens (tertiary/aromatic N) is 1. The van der Waals surface area contributed by atoms with E-state index >= 15 is 0 Å². The van der Waals surface area contributed by atoms with Crippen LogP contribution in [0.5, 0.6) is 5.75 Å². The molecule has 1 atom stereocenters. The molecule has 0 saturated carbocycles. The van der Waals surface area contributed by atoms with Crippen molar-refractivity contribution in [2.75, 3.05) is 6.61 Å². The summed E-state index contributed by atoms with van der Waals surface area (Å²) in [6, 6.07) is 14.7. The van der Waals surface area contributed by atoms with Crippen molar-refractivity contribution in [3.63, 3.8) is 0 Å². The first-order chi connectivity index (χ1) is 16.3. The molecule has 1 aliphatic heterocycles. The topological polar surface area (TPSA) is 83.8 Å². The highest BCUT2D eigenvalue weighted by atomic mass is 19.1. The summed E-state index contributed by atoms with van der Waals surface area (Å²) >= 11 is 0. The van der Waals surface area contributed by atoms with Gasteiger partial charge in [-0.25, -0.2) is 9.37 Å². The number of nitrogens with one attached hydrogen (secondary N) is 1. The number of amides is 1. The fourth-order valence-electron chi connectivity index (χ4n) is 3.87. The molecule has 34 heavy (non-hydrogen) atoms. The van der Waals surface area contributed by atoms with Crippen molar-refractivity contribution in [2.45, 2.75) is 26.4 Å². The highest BCUT2D eigenvalue weighted by Crippen LogP contribution is 2.39. The first kappa shape index (κ1) is 23.2. The van der Waals surface area contributed by atoms with Gasteiger partial charge < -0.3 is 14.7 Å². The molecule has 1 amide bonds. The Labute approximate surface area is 197 Å². The number of pyridine rings is 1. The predicted octanol–water partition coefficient (Wildman–Crippen LogP) is 3.10. The minimum absolute atomic E-state index is 0.114. The van der Waals surface area contributed by atoms with E-state index in [1.165, 1.54) is 29.2 Å². The van der Waals surface area contributed by atoms with Crippen LogP contribution in [-0.2, 0) is 16.1 Å². The summed E-state index contributed by atoms with van der Waals surface area (Å²) in [4.78, 5) is 30.4. The monoisotopic (exact) mass is 460 g/mol. The number of likely N-dealkylation sites (tertiary alicyclic amines) is 1. The first-order valence-electron chi connectivity index (χ1n) is 11.1. The molecule has 4 rings (SSSR count). The standard InChI is InChI=1S/C27H25FN2O4/c1-17(2)16-34-22-11-7-20(8-12-22)25(31)23-24(19-5-9-21(28)10-6-19)30(27(33)26(23)32)15-18-4-3-13-29-14-18/h3-14,17,24,31H,15-16H2,1-2H3/b25-23+. The zero-order chi connectivity index (χ0) is 24.2. The van der Waals surface area contributed by atoms with Crippen molar-refractivity contribution in [1.82, 2.24) is 4.90 Å². The van der Waals surface area contributed by atoms with Crippen LogP contribution in [0.1, 0.15) is 36.6 Å². The molecular formula is C27H25FN2O4. The molecule has 6 nitrogen and oxygen atoms in total. The third-order valence-corrected chi connectivity index (χ3v) is 5.54. The van der Waals surface area contributed by atoms with Crippen LogP contribution in [0.2, 0.25) is 0 Å². The molecule has 1 unspecified atom stereocenters. The Hall–Kier alpha value is -4.00. The molecule has 0 bridgehead atoms. The number of hydrogen-bond donors (Lipinski definition) is 0. The van der Waals surface area contributed by atoms with Gasteiger partial charge in [-0.2, -0.15) is 0 Å². The highest BCUT2D eigenvalue weighted by Gasteiger charge is 2.44. The number of aromatic nitrogens is 1. The highest BCUT2D eigenvalue weighted by molar-refractivity contribution is 6.46. The lowest BCUT2D eigenvalue weighted by atomic mass is 9.95. The predicted molar refractivity (Wildman–Crippen MR) is 121 cm³/mol. The van der Waals surface area contributed by atoms with Crippen LogP contribution in [0.3, 0.4) is 0 Å². The number of aromatic amines is 1. The number of carbonyl (C=O) groups is 2. The second-order valence-electron chi connectivity index (χ2n) is 8.60. The van der Waals surface area contributed by atoms with Crippen LogP contribution in [-0.4, -0.2) is 23.2 Å². The Balaban J connectivity index is 1.75. The molecule has 0 spiro atoms. The molecule has 3 aromatic rings. The van der Waals surface area contributed by atoms with Gasteiger partial charge in [0.2, 0.25) is 5.78 Å². The zero-order valence-electron chi connectivity index (χ0n) is 19.0. The average Bonchev–Trinajstić information content (AvgIpc) is 3.08. The van der Waals surface area contributed by atoms with Gasteiger partial charge in [0.25, 0.3) is 5.91 Å². The average molecular weight is 461 g/mol. The van der Waals surface area contributed by atoms with E-state index in [-0.39, 0.29) is 17.7 Å². The summed E-state index contributed by atoms with van der Waals surface area (Å²) in [7, 11) is 0. The van der Waals surface area contributed by atoms with E-state index in [4.69, 9.17) is 4.74 Å². The molecule has 1 aromatic heterocycles. The van der Waals surface area contributed by atoms with Crippen LogP contribution in [0, 0.1) is 11.7 Å². The van der Waals surface area contributed by atoms with Gasteiger partial charge in [0.05, 0.1) is 19.2 Å². The van der Waals surface area contributed by atoms with Gasteiger partial charge in [0.1, 0.15) is 11.6 Å². The fraction of sp³-hybridized carbons (Fsp3) is 0.222. The summed E-state index contributed by atoms with van der Waals surface area (Å²) < 4.78 is 19.3. The lowest BCUT2D eigenvalue weighted by Gasteiger charge is -2.27. The SMILES string of the molecule is CC(C)COc1ccc(/C([O-])=C2\C(=O)C(=O)N(Cc3ccc[nH+]c3)C2c2ccc(F)cc2)cc1. The van der Waals surface area contributed by atoms with E-state index in [0.29, 0.717) is 23.8 Å². The molecule has 1 aliphatic rings. The molecule has 2 heterocycles. The van der Waals surface area contributed by atoms with E-state index < -0.39 is 29.3 Å². The number of ether oxygens (including phenoxy) is 1. The van der Waals surface area contributed by atoms with E-state index in [0.717, 1.165) is 5.56 Å². The third kappa shape index (κ3) is 4.83. The largest absolute Gasteiger partial charge is 0.872 e. The van der Waals surface area contributed by atoms with Crippen LogP contribution < -0.4 is 14.8 Å². The Morgan fingerprint density at radius 2 is 1.79 bits per heavy atom. The van der Waals surface area contributed by atoms with Crippen LogP contribution >= 0.6 is 0 Å². The van der Waals surface area contributed by atoms with Gasteiger partial charge in [0.15, 0.2) is 12.4 Å². The number of Topliss-reactive ketones (excluding diaryl/α,β-unsaturated/α-hetero) is 1. The van der Waals surface area contributed by atoms with Crippen molar-refractivity contribution in [1.29, 1.82) is 0 Å². The molecule has 2 aromatic carbocycles. The second kappa shape index (κ2) is 9.87. The van der Waals surface area contributed by atoms with Crippen LogP contribution in [0.4, 0.5) is 4.39 Å². The number of carbonyl (C=O) groups excluding carboxylic acids is 2. The van der Waals surface area contributed by atoms with Crippen molar-refractivity contribution >= 4 is 17.4 Å². The molecule has 1 fully saturated rings. The summed E-state index contributed by atoms with van der Waals surface area (Å²) in [6.07, 6.45) is 3.45. The molecule has 174 valence electrons. The summed E-state index contributed by atoms with van der Waals surface area (Å²) in [5, 5.41) is 13.5. The van der Waals surface area contributed by atoms with Gasteiger partial charge >= 0.3 is 0 Å². The van der Waals surface area contributed by atoms with Crippen molar-refractivity contribution < 1.29 is 28.8 Å². The number of hydrogen-bond acceptors (Lipinski definition) is 4. The Kier molecular flexibility index (Phi) is 6.72. The molecule has 0 radical (unpaired) electrons. The molecule has 0 aliphatic carbocycles. The smallest absolute Gasteiger partial charge is 0.295 e. The van der Waals surface area contributed by atoms with E-state index in [9.17, 15) is 19.1 Å². The Bertz CT molecular complexity index is 1210. The van der Waals surface area contributed by atoms with Crippen LogP contribution in [0.25, 0.3) is 5.76 Å². The summed E-state index contributed by atoms with van der Waals surface area (Å²) in [6.45, 7) is 4.72. The number of ketones is 1. The maximum Gasteiger partial charge on any atom is 0.295 e. The normalized spacial score (nSPS) is 17.4. The minimum atomic E-state index is -0.926. The molecular weight excluding hydrogens is 435 g/mol. The lowest BCUT2D eigenvalue weighted by molar-refractivity contribution is -0.378. The van der Waals surface area contributed by atoms with Crippen LogP contribution in [0.15, 0.2) is 78.6 Å². The molecule has 1 N–H and O–H groups in total. The second-order valence-corrected chi connectivity index (χ2v) is 8.60. The quantitative estimate of drug-likeness (QED) is 0.308. The van der Waals surface area contributed by atoms with E-state index in [1.54, 1.807) is 42.7 Å². The van der Waals surface area contributed by atoms with Gasteiger partial charge in [-0.3, -0.25) is 9.59 Å². The Morgan fingerprint density at radius 3 is 2.41 bits per heavy atom. The van der Waals surface area contributed by atoms with Gasteiger partial charge in [-0.05, 0) is 47.4 Å². The Morgan fingerprint density at radius 1 is 1.09 bits per heavy atom. The third-order valence-electron chi connectivity index (χ3n) is 5.54. The maximum atomic E-state index is 13.6. The first-order valence-corrected chi connectivity index (χ1v) is 11.1. The van der Waals surface area contributed by atoms with Gasteiger partial charge in [0, 0.05) is 17.2 Å². The molecule has 7 heteroatoms. The number of H-pyrrole nitrogens is 1. The van der Waals surface area contributed by atoms with Crippen molar-refractivity contribution in [2.24, 2.45) is 5.92 Å². The van der Waals surface area contributed by atoms with Gasteiger partial charge in [-0.1, -0.05) is 43.9 Å². The number of benzene rings is 2. The van der Waals surface area contributed by atoms with Crippen molar-refractivity contribution in [3.05, 3.63) is 101 Å².